The highest BCUT2D eigenvalue weighted by molar-refractivity contribution is 5.90. The Morgan fingerprint density at radius 3 is 2.78 bits per heavy atom. The van der Waals surface area contributed by atoms with Gasteiger partial charge in [-0.1, -0.05) is 24.3 Å². The third kappa shape index (κ3) is 3.23. The van der Waals surface area contributed by atoms with Crippen LogP contribution in [-0.2, 0) is 11.3 Å². The molecule has 0 aliphatic carbocycles. The number of carbonyl (C=O) groups excluding carboxylic acids is 1. The molecule has 0 unspecified atom stereocenters. The van der Waals surface area contributed by atoms with Gasteiger partial charge in [0.2, 0.25) is 0 Å². The minimum Gasteiger partial charge on any atom is -0.465 e. The van der Waals surface area contributed by atoms with Gasteiger partial charge in [-0.25, -0.2) is 4.79 Å². The van der Waals surface area contributed by atoms with E-state index in [-0.39, 0.29) is 5.56 Å². The molecule has 0 aliphatic heterocycles. The standard InChI is InChI=1S/C18H16N2O3/c1-23-18(22)13-6-4-7-15(10-13)19-11-14-9-12-5-2-3-8-16(12)20-17(14)21/h2-10,19H,11H2,1H3,(H,20,21). The van der Waals surface area contributed by atoms with Crippen molar-refractivity contribution in [3.63, 3.8) is 0 Å². The molecule has 5 nitrogen and oxygen atoms in total. The highest BCUT2D eigenvalue weighted by Crippen LogP contribution is 2.14. The number of ether oxygens (including phenoxy) is 1. The van der Waals surface area contributed by atoms with E-state index in [9.17, 15) is 9.59 Å². The van der Waals surface area contributed by atoms with Gasteiger partial charge in [0.05, 0.1) is 12.7 Å². The Morgan fingerprint density at radius 1 is 1.13 bits per heavy atom. The van der Waals surface area contributed by atoms with Crippen molar-refractivity contribution in [3.8, 4) is 0 Å². The van der Waals surface area contributed by atoms with Crippen LogP contribution in [0.5, 0.6) is 0 Å². The fraction of sp³-hybridized carbons (Fsp3) is 0.111. The molecule has 0 saturated heterocycles. The first kappa shape index (κ1) is 14.8. The summed E-state index contributed by atoms with van der Waals surface area (Å²) in [4.78, 5) is 26.5. The topological polar surface area (TPSA) is 71.2 Å². The number of hydrogen-bond donors (Lipinski definition) is 2. The number of para-hydroxylation sites is 1. The van der Waals surface area contributed by atoms with E-state index in [4.69, 9.17) is 4.74 Å². The maximum atomic E-state index is 12.1. The quantitative estimate of drug-likeness (QED) is 0.727. The zero-order valence-electron chi connectivity index (χ0n) is 12.6. The summed E-state index contributed by atoms with van der Waals surface area (Å²) in [5, 5.41) is 4.14. The molecule has 0 radical (unpaired) electrons. The Balaban J connectivity index is 1.82. The largest absolute Gasteiger partial charge is 0.465 e. The molecule has 0 fully saturated rings. The Kier molecular flexibility index (Phi) is 4.10. The summed E-state index contributed by atoms with van der Waals surface area (Å²) in [6, 6.07) is 16.5. The van der Waals surface area contributed by atoms with E-state index in [1.807, 2.05) is 36.4 Å². The third-order valence-electron chi connectivity index (χ3n) is 3.60. The first-order valence-electron chi connectivity index (χ1n) is 7.20. The summed E-state index contributed by atoms with van der Waals surface area (Å²) >= 11 is 0. The SMILES string of the molecule is COC(=O)c1cccc(NCc2cc3ccccc3[nH]c2=O)c1. The van der Waals surface area contributed by atoms with Crippen LogP contribution in [-0.4, -0.2) is 18.1 Å². The number of hydrogen-bond acceptors (Lipinski definition) is 4. The third-order valence-corrected chi connectivity index (χ3v) is 3.60. The van der Waals surface area contributed by atoms with E-state index in [0.717, 1.165) is 16.6 Å². The number of aromatic nitrogens is 1. The van der Waals surface area contributed by atoms with Gasteiger partial charge < -0.3 is 15.0 Å². The number of benzene rings is 2. The van der Waals surface area contributed by atoms with Crippen LogP contribution in [0.4, 0.5) is 5.69 Å². The normalized spacial score (nSPS) is 10.5. The number of fused-ring (bicyclic) bond motifs is 1. The summed E-state index contributed by atoms with van der Waals surface area (Å²) in [6.45, 7) is 0.366. The first-order valence-corrected chi connectivity index (χ1v) is 7.20. The second-order valence-corrected chi connectivity index (χ2v) is 5.14. The maximum absolute atomic E-state index is 12.1. The van der Waals surface area contributed by atoms with Gasteiger partial charge in [-0.3, -0.25) is 4.79 Å². The first-order chi connectivity index (χ1) is 11.2. The Bertz CT molecular complexity index is 915. The molecule has 0 atom stereocenters. The van der Waals surface area contributed by atoms with Gasteiger partial charge in [0.15, 0.2) is 0 Å². The zero-order valence-corrected chi connectivity index (χ0v) is 12.6. The lowest BCUT2D eigenvalue weighted by molar-refractivity contribution is 0.0601. The average Bonchev–Trinajstić information content (AvgIpc) is 2.59. The van der Waals surface area contributed by atoms with Gasteiger partial charge >= 0.3 is 5.97 Å². The van der Waals surface area contributed by atoms with E-state index in [1.165, 1.54) is 7.11 Å². The molecule has 0 saturated carbocycles. The Hall–Kier alpha value is -3.08. The van der Waals surface area contributed by atoms with E-state index < -0.39 is 5.97 Å². The van der Waals surface area contributed by atoms with Crippen LogP contribution < -0.4 is 10.9 Å². The molecule has 0 bridgehead atoms. The monoisotopic (exact) mass is 308 g/mol. The molecule has 2 N–H and O–H groups in total. The maximum Gasteiger partial charge on any atom is 0.337 e. The number of rotatable bonds is 4. The second-order valence-electron chi connectivity index (χ2n) is 5.14. The molecule has 5 heteroatoms. The summed E-state index contributed by atoms with van der Waals surface area (Å²) in [6.07, 6.45) is 0. The fourth-order valence-corrected chi connectivity index (χ4v) is 2.40. The van der Waals surface area contributed by atoms with Gasteiger partial charge in [-0.05, 0) is 35.7 Å². The number of methoxy groups -OCH3 is 1. The zero-order chi connectivity index (χ0) is 16.2. The lowest BCUT2D eigenvalue weighted by Gasteiger charge is -2.08. The van der Waals surface area contributed by atoms with Gasteiger partial charge in [-0.15, -0.1) is 0 Å². The van der Waals surface area contributed by atoms with Crippen LogP contribution in [0.1, 0.15) is 15.9 Å². The van der Waals surface area contributed by atoms with Gasteiger partial charge in [0.1, 0.15) is 0 Å². The fourth-order valence-electron chi connectivity index (χ4n) is 2.40. The number of anilines is 1. The van der Waals surface area contributed by atoms with Crippen molar-refractivity contribution in [2.45, 2.75) is 6.54 Å². The van der Waals surface area contributed by atoms with E-state index in [0.29, 0.717) is 17.7 Å². The van der Waals surface area contributed by atoms with Crippen molar-refractivity contribution < 1.29 is 9.53 Å². The molecular weight excluding hydrogens is 292 g/mol. The highest BCUT2D eigenvalue weighted by atomic mass is 16.5. The van der Waals surface area contributed by atoms with Crippen molar-refractivity contribution in [1.29, 1.82) is 0 Å². The molecule has 1 heterocycles. The molecule has 3 aromatic rings. The van der Waals surface area contributed by atoms with Crippen LogP contribution in [0.2, 0.25) is 0 Å². The van der Waals surface area contributed by atoms with Crippen LogP contribution in [0, 0.1) is 0 Å². The predicted octanol–water partition coefficient (Wildman–Crippen LogP) is 2.93. The lowest BCUT2D eigenvalue weighted by atomic mass is 10.1. The van der Waals surface area contributed by atoms with Crippen LogP contribution >= 0.6 is 0 Å². The summed E-state index contributed by atoms with van der Waals surface area (Å²) in [5.41, 5.74) is 2.53. The Labute approximate surface area is 132 Å². The molecule has 116 valence electrons. The molecule has 0 spiro atoms. The summed E-state index contributed by atoms with van der Waals surface area (Å²) in [5.74, 6) is -0.391. The molecule has 0 amide bonds. The number of pyridine rings is 1. The molecular formula is C18H16N2O3. The van der Waals surface area contributed by atoms with E-state index >= 15 is 0 Å². The summed E-state index contributed by atoms with van der Waals surface area (Å²) in [7, 11) is 1.34. The van der Waals surface area contributed by atoms with Crippen molar-refractivity contribution in [2.24, 2.45) is 0 Å². The van der Waals surface area contributed by atoms with Crippen molar-refractivity contribution in [1.82, 2.24) is 4.98 Å². The van der Waals surface area contributed by atoms with Crippen molar-refractivity contribution in [2.75, 3.05) is 12.4 Å². The van der Waals surface area contributed by atoms with Crippen molar-refractivity contribution >= 4 is 22.6 Å². The Morgan fingerprint density at radius 2 is 1.96 bits per heavy atom. The van der Waals surface area contributed by atoms with Gasteiger partial charge in [0.25, 0.3) is 5.56 Å². The highest BCUT2D eigenvalue weighted by Gasteiger charge is 2.06. The van der Waals surface area contributed by atoms with E-state index in [1.54, 1.807) is 18.2 Å². The smallest absolute Gasteiger partial charge is 0.337 e. The van der Waals surface area contributed by atoms with Gasteiger partial charge in [-0.2, -0.15) is 0 Å². The number of H-pyrrole nitrogens is 1. The lowest BCUT2D eigenvalue weighted by Crippen LogP contribution is -2.15. The average molecular weight is 308 g/mol. The minimum absolute atomic E-state index is 0.125. The van der Waals surface area contributed by atoms with Gasteiger partial charge in [0, 0.05) is 23.3 Å². The van der Waals surface area contributed by atoms with Crippen LogP contribution in [0.3, 0.4) is 0 Å². The molecule has 3 rings (SSSR count). The minimum atomic E-state index is -0.391. The predicted molar refractivity (Wildman–Crippen MR) is 89.7 cm³/mol. The number of esters is 1. The van der Waals surface area contributed by atoms with Crippen LogP contribution in [0.15, 0.2) is 59.4 Å². The number of nitrogens with one attached hydrogen (secondary N) is 2. The number of carbonyl (C=O) groups is 1. The van der Waals surface area contributed by atoms with Crippen LogP contribution in [0.25, 0.3) is 10.9 Å². The molecule has 0 aliphatic rings. The second kappa shape index (κ2) is 6.36. The molecule has 1 aromatic heterocycles. The van der Waals surface area contributed by atoms with Crippen molar-refractivity contribution in [3.05, 3.63) is 76.1 Å². The number of aromatic amines is 1. The molecule has 23 heavy (non-hydrogen) atoms. The molecule has 2 aromatic carbocycles. The van der Waals surface area contributed by atoms with E-state index in [2.05, 4.69) is 10.3 Å². The summed E-state index contributed by atoms with van der Waals surface area (Å²) < 4.78 is 4.70.